The number of carbonyl (C=O) groups is 1. The lowest BCUT2D eigenvalue weighted by atomic mass is 9.98. The molecule has 0 bridgehead atoms. The Morgan fingerprint density at radius 3 is 2.29 bits per heavy atom. The number of hydrogen-bond acceptors (Lipinski definition) is 4. The number of benzene rings is 2. The maximum absolute atomic E-state index is 12.0. The molecule has 0 aliphatic carbocycles. The van der Waals surface area contributed by atoms with E-state index in [4.69, 9.17) is 32.8 Å². The van der Waals surface area contributed by atoms with Crippen molar-refractivity contribution in [2.45, 2.75) is 19.8 Å². The normalized spacial score (nSPS) is 17.9. The third-order valence-electron chi connectivity index (χ3n) is 5.20. The van der Waals surface area contributed by atoms with Crippen LogP contribution in [0.25, 0.3) is 0 Å². The van der Waals surface area contributed by atoms with Crippen molar-refractivity contribution in [2.75, 3.05) is 32.8 Å². The predicted octanol–water partition coefficient (Wildman–Crippen LogP) is 0.624. The van der Waals surface area contributed by atoms with E-state index in [0.717, 1.165) is 43.6 Å². The number of hydrogen-bond donors (Lipinski definition) is 1. The maximum atomic E-state index is 12.0. The predicted molar refractivity (Wildman–Crippen MR) is 119 cm³/mol. The second kappa shape index (κ2) is 12.9. The van der Waals surface area contributed by atoms with Crippen molar-refractivity contribution in [3.8, 4) is 0 Å². The highest BCUT2D eigenvalue weighted by Gasteiger charge is 2.29. The van der Waals surface area contributed by atoms with Crippen LogP contribution in [0.3, 0.4) is 0 Å². The summed E-state index contributed by atoms with van der Waals surface area (Å²) < 4.78 is 5.18. The highest BCUT2D eigenvalue weighted by atomic mass is 35.5. The lowest BCUT2D eigenvalue weighted by Gasteiger charge is -2.28. The number of nitrogens with one attached hydrogen (secondary N) is 1. The monoisotopic (exact) mass is 484 g/mol. The highest BCUT2D eigenvalue weighted by molar-refractivity contribution is 6.38. The Hall–Kier alpha value is -1.79. The molecule has 1 saturated heterocycles. The molecule has 1 N–H and O–H groups in total. The number of piperidine rings is 1. The van der Waals surface area contributed by atoms with Gasteiger partial charge in [-0.1, -0.05) is 64.8 Å². The van der Waals surface area contributed by atoms with Crippen molar-refractivity contribution in [3.63, 3.8) is 0 Å². The van der Waals surface area contributed by atoms with E-state index in [2.05, 4.69) is 5.16 Å². The Labute approximate surface area is 199 Å². The molecule has 2 atom stereocenters. The zero-order chi connectivity index (χ0) is 21.3. The van der Waals surface area contributed by atoms with E-state index in [-0.39, 0.29) is 24.3 Å². The molecule has 2 aromatic rings. The quantitative estimate of drug-likeness (QED) is 0.258. The van der Waals surface area contributed by atoms with Crippen LogP contribution in [0.5, 0.6) is 0 Å². The van der Waals surface area contributed by atoms with Gasteiger partial charge in [-0.2, -0.15) is 0 Å². The van der Waals surface area contributed by atoms with Gasteiger partial charge in [-0.3, -0.25) is 4.79 Å². The summed E-state index contributed by atoms with van der Waals surface area (Å²) >= 11 is 12.8. The van der Waals surface area contributed by atoms with Crippen LogP contribution in [-0.4, -0.2) is 44.5 Å². The van der Waals surface area contributed by atoms with Gasteiger partial charge in [-0.15, -0.1) is 0 Å². The first-order chi connectivity index (χ1) is 14.6. The molecule has 31 heavy (non-hydrogen) atoms. The van der Waals surface area contributed by atoms with Gasteiger partial charge >= 0.3 is 5.97 Å². The summed E-state index contributed by atoms with van der Waals surface area (Å²) in [6, 6.07) is 15.0. The van der Waals surface area contributed by atoms with Crippen molar-refractivity contribution in [3.05, 3.63) is 69.7 Å². The minimum Gasteiger partial charge on any atom is -1.00 e. The van der Waals surface area contributed by atoms with Crippen LogP contribution >= 0.6 is 23.2 Å². The average Bonchev–Trinajstić information content (AvgIpc) is 2.76. The second-order valence-electron chi connectivity index (χ2n) is 7.28. The topological polar surface area (TPSA) is 52.3 Å². The zero-order valence-electron chi connectivity index (χ0n) is 17.5. The minimum atomic E-state index is -0.0895. The summed E-state index contributed by atoms with van der Waals surface area (Å²) in [7, 11) is 0. The van der Waals surface area contributed by atoms with Gasteiger partial charge in [0.2, 0.25) is 0 Å². The van der Waals surface area contributed by atoms with Crippen LogP contribution in [0.4, 0.5) is 0 Å². The van der Waals surface area contributed by atoms with Crippen LogP contribution in [0.15, 0.2) is 53.7 Å². The third-order valence-corrected chi connectivity index (χ3v) is 5.86. The fourth-order valence-electron chi connectivity index (χ4n) is 3.69. The minimum absolute atomic E-state index is 0. The van der Waals surface area contributed by atoms with E-state index in [1.165, 1.54) is 4.90 Å². The summed E-state index contributed by atoms with van der Waals surface area (Å²) in [5, 5.41) is 5.56. The molecule has 168 valence electrons. The van der Waals surface area contributed by atoms with Gasteiger partial charge in [-0.25, -0.2) is 0 Å². The van der Waals surface area contributed by atoms with Crippen molar-refractivity contribution in [1.82, 2.24) is 0 Å². The van der Waals surface area contributed by atoms with Gasteiger partial charge in [0, 0.05) is 11.1 Å². The lowest BCUT2D eigenvalue weighted by molar-refractivity contribution is -0.908. The molecule has 0 radical (unpaired) electrons. The number of nitrogens with zero attached hydrogens (tertiary/aromatic N) is 1. The SMILES string of the molecule is CCOC(=O)[C@@H]1CCC[NH+](CCON=C(c2ccccc2Cl)c2ccccc2Cl)C1.[Cl-]. The maximum Gasteiger partial charge on any atom is 0.314 e. The van der Waals surface area contributed by atoms with Crippen molar-refractivity contribution in [1.29, 1.82) is 0 Å². The van der Waals surface area contributed by atoms with E-state index < -0.39 is 0 Å². The molecule has 1 unspecified atom stereocenters. The third kappa shape index (κ3) is 7.11. The number of carbonyl (C=O) groups excluding carboxylic acids is 1. The molecule has 1 fully saturated rings. The molecular weight excluding hydrogens is 459 g/mol. The number of rotatable bonds is 8. The molecule has 1 heterocycles. The summed E-state index contributed by atoms with van der Waals surface area (Å²) in [6.07, 6.45) is 1.90. The van der Waals surface area contributed by atoms with Gasteiger partial charge < -0.3 is 26.9 Å². The van der Waals surface area contributed by atoms with Gasteiger partial charge in [0.15, 0.2) is 6.61 Å². The number of quaternary nitrogens is 1. The van der Waals surface area contributed by atoms with Crippen molar-refractivity contribution in [2.24, 2.45) is 11.1 Å². The molecule has 8 heteroatoms. The number of ether oxygens (including phenoxy) is 1. The fourth-order valence-corrected chi connectivity index (χ4v) is 4.14. The zero-order valence-corrected chi connectivity index (χ0v) is 19.7. The Morgan fingerprint density at radius 2 is 1.71 bits per heavy atom. The van der Waals surface area contributed by atoms with Crippen molar-refractivity contribution >= 4 is 34.9 Å². The van der Waals surface area contributed by atoms with Crippen LogP contribution in [-0.2, 0) is 14.4 Å². The van der Waals surface area contributed by atoms with Crippen LogP contribution in [0.1, 0.15) is 30.9 Å². The van der Waals surface area contributed by atoms with Crippen LogP contribution < -0.4 is 17.3 Å². The lowest BCUT2D eigenvalue weighted by Crippen LogP contribution is -3.14. The van der Waals surface area contributed by atoms with E-state index in [0.29, 0.717) is 29.0 Å². The molecule has 5 nitrogen and oxygen atoms in total. The van der Waals surface area contributed by atoms with E-state index in [1.54, 1.807) is 0 Å². The molecule has 0 saturated carbocycles. The molecule has 1 aliphatic heterocycles. The Morgan fingerprint density at radius 1 is 1.10 bits per heavy atom. The molecule has 1 aliphatic rings. The van der Waals surface area contributed by atoms with Gasteiger partial charge in [-0.05, 0) is 31.9 Å². The van der Waals surface area contributed by atoms with E-state index in [9.17, 15) is 4.79 Å². The second-order valence-corrected chi connectivity index (χ2v) is 8.09. The summed E-state index contributed by atoms with van der Waals surface area (Å²) in [6.45, 7) is 5.25. The van der Waals surface area contributed by atoms with E-state index in [1.807, 2.05) is 55.5 Å². The highest BCUT2D eigenvalue weighted by Crippen LogP contribution is 2.24. The van der Waals surface area contributed by atoms with Gasteiger partial charge in [0.05, 0.1) is 29.7 Å². The van der Waals surface area contributed by atoms with Gasteiger partial charge in [0.1, 0.15) is 18.2 Å². The van der Waals surface area contributed by atoms with E-state index >= 15 is 0 Å². The Balaban J connectivity index is 0.00000341. The first-order valence-electron chi connectivity index (χ1n) is 10.3. The summed E-state index contributed by atoms with van der Waals surface area (Å²) in [5.74, 6) is -0.118. The molecule has 0 aromatic heterocycles. The van der Waals surface area contributed by atoms with Crippen molar-refractivity contribution < 1.29 is 31.7 Å². The first-order valence-corrected chi connectivity index (χ1v) is 11.1. The average molecular weight is 486 g/mol. The smallest absolute Gasteiger partial charge is 0.314 e. The standard InChI is InChI=1S/C23H26Cl2N2O3.ClH/c1-2-29-23(28)17-8-7-13-27(16-17)14-15-30-26-22(18-9-3-5-11-20(18)24)19-10-4-6-12-21(19)25;/h3-6,9-12,17H,2,7-8,13-16H2,1H3;1H/t17-;/m1./s1. The number of likely N-dealkylation sites (tertiary alicyclic amines) is 1. The number of halogens is 3. The first kappa shape index (κ1) is 25.5. The molecule has 0 amide bonds. The number of oxime groups is 1. The molecule has 0 spiro atoms. The summed E-state index contributed by atoms with van der Waals surface area (Å²) in [5.41, 5.74) is 2.13. The molecular formula is C23H27Cl3N2O3. The van der Waals surface area contributed by atoms with Crippen LogP contribution in [0, 0.1) is 5.92 Å². The Bertz CT molecular complexity index is 844. The molecule has 3 rings (SSSR count). The largest absolute Gasteiger partial charge is 1.00 e. The Kier molecular flexibility index (Phi) is 10.6. The fraction of sp³-hybridized carbons (Fsp3) is 0.391. The van der Waals surface area contributed by atoms with Gasteiger partial charge in [0.25, 0.3) is 0 Å². The number of esters is 1. The molecule has 2 aromatic carbocycles. The summed E-state index contributed by atoms with van der Waals surface area (Å²) in [4.78, 5) is 19.0. The van der Waals surface area contributed by atoms with Crippen LogP contribution in [0.2, 0.25) is 10.0 Å².